The molecular formula is C13H20OS. The fourth-order valence-electron chi connectivity index (χ4n) is 1.32. The Morgan fingerprint density at radius 3 is 2.20 bits per heavy atom. The van der Waals surface area contributed by atoms with Crippen LogP contribution in [0.1, 0.15) is 45.3 Å². The quantitative estimate of drug-likeness (QED) is 0.762. The van der Waals surface area contributed by atoms with Crippen molar-refractivity contribution in [2.75, 3.05) is 0 Å². The van der Waals surface area contributed by atoms with E-state index in [1.54, 1.807) is 0 Å². The highest BCUT2D eigenvalue weighted by atomic mass is 32.2. The van der Waals surface area contributed by atoms with E-state index in [0.717, 1.165) is 12.0 Å². The highest BCUT2D eigenvalue weighted by Crippen LogP contribution is 2.26. The molecule has 0 aromatic heterocycles. The summed E-state index contributed by atoms with van der Waals surface area (Å²) < 4.78 is 0. The summed E-state index contributed by atoms with van der Waals surface area (Å²) in [5.41, 5.74) is 1.02. The van der Waals surface area contributed by atoms with Crippen LogP contribution >= 0.6 is 11.8 Å². The molecule has 1 unspecified atom stereocenters. The topological polar surface area (TPSA) is 20.2 Å². The van der Waals surface area contributed by atoms with E-state index in [1.165, 1.54) is 11.3 Å². The fourth-order valence-corrected chi connectivity index (χ4v) is 2.24. The lowest BCUT2D eigenvalue weighted by Gasteiger charge is -2.11. The van der Waals surface area contributed by atoms with E-state index >= 15 is 0 Å². The van der Waals surface area contributed by atoms with Gasteiger partial charge in [-0.15, -0.1) is 11.8 Å². The van der Waals surface area contributed by atoms with Crippen LogP contribution in [0.15, 0.2) is 29.2 Å². The molecule has 2 atom stereocenters. The first-order chi connectivity index (χ1) is 7.17. The predicted molar refractivity (Wildman–Crippen MR) is 67.3 cm³/mol. The summed E-state index contributed by atoms with van der Waals surface area (Å²) >= 11 is 1.89. The van der Waals surface area contributed by atoms with E-state index in [4.69, 9.17) is 0 Å². The van der Waals surface area contributed by atoms with Gasteiger partial charge in [0, 0.05) is 10.1 Å². The molecule has 0 fully saturated rings. The van der Waals surface area contributed by atoms with Crippen LogP contribution in [0.5, 0.6) is 0 Å². The van der Waals surface area contributed by atoms with Crippen LogP contribution in [0, 0.1) is 0 Å². The standard InChI is InChI=1S/C13H20OS/c1-4-10(3)15-12-8-6-11(7-9-12)13(14)5-2/h6-10,13-14H,4-5H2,1-3H3/t10?,13-/m0/s1. The lowest BCUT2D eigenvalue weighted by atomic mass is 10.1. The summed E-state index contributed by atoms with van der Waals surface area (Å²) in [4.78, 5) is 1.29. The minimum absolute atomic E-state index is 0.312. The van der Waals surface area contributed by atoms with Crippen molar-refractivity contribution in [1.82, 2.24) is 0 Å². The van der Waals surface area contributed by atoms with Crippen molar-refractivity contribution in [1.29, 1.82) is 0 Å². The summed E-state index contributed by atoms with van der Waals surface area (Å²) in [7, 11) is 0. The maximum Gasteiger partial charge on any atom is 0.0787 e. The highest BCUT2D eigenvalue weighted by Gasteiger charge is 2.05. The monoisotopic (exact) mass is 224 g/mol. The molecule has 0 saturated carbocycles. The first-order valence-corrected chi connectivity index (χ1v) is 6.50. The molecule has 0 spiro atoms. The third-order valence-electron chi connectivity index (χ3n) is 2.56. The van der Waals surface area contributed by atoms with Gasteiger partial charge in [-0.3, -0.25) is 0 Å². The first kappa shape index (κ1) is 12.6. The van der Waals surface area contributed by atoms with Gasteiger partial charge < -0.3 is 5.11 Å². The Bertz CT molecular complexity index is 281. The van der Waals surface area contributed by atoms with Crippen molar-refractivity contribution in [3.8, 4) is 0 Å². The molecule has 0 aliphatic carbocycles. The van der Waals surface area contributed by atoms with E-state index in [9.17, 15) is 5.11 Å². The molecule has 15 heavy (non-hydrogen) atoms. The van der Waals surface area contributed by atoms with E-state index in [1.807, 2.05) is 30.8 Å². The van der Waals surface area contributed by atoms with Gasteiger partial charge in [-0.2, -0.15) is 0 Å². The second-order valence-corrected chi connectivity index (χ2v) is 5.34. The molecule has 0 heterocycles. The first-order valence-electron chi connectivity index (χ1n) is 5.62. The maximum atomic E-state index is 9.64. The molecule has 0 aliphatic heterocycles. The van der Waals surface area contributed by atoms with Gasteiger partial charge in [-0.05, 0) is 30.5 Å². The minimum atomic E-state index is -0.312. The largest absolute Gasteiger partial charge is 0.388 e. The number of benzene rings is 1. The molecule has 0 bridgehead atoms. The predicted octanol–water partition coefficient (Wildman–Crippen LogP) is 4.02. The van der Waals surface area contributed by atoms with Crippen molar-refractivity contribution in [2.45, 2.75) is 49.9 Å². The summed E-state index contributed by atoms with van der Waals surface area (Å²) in [6.45, 7) is 6.43. The number of hydrogen-bond donors (Lipinski definition) is 1. The third kappa shape index (κ3) is 3.88. The number of aliphatic hydroxyl groups is 1. The Kier molecular flexibility index (Phi) is 5.20. The van der Waals surface area contributed by atoms with Gasteiger partial charge in [0.2, 0.25) is 0 Å². The minimum Gasteiger partial charge on any atom is -0.388 e. The summed E-state index contributed by atoms with van der Waals surface area (Å²) in [5.74, 6) is 0. The molecule has 84 valence electrons. The number of aliphatic hydroxyl groups excluding tert-OH is 1. The molecule has 1 aromatic carbocycles. The third-order valence-corrected chi connectivity index (χ3v) is 3.84. The van der Waals surface area contributed by atoms with Crippen LogP contribution in [0.25, 0.3) is 0 Å². The second-order valence-electron chi connectivity index (χ2n) is 3.83. The molecule has 0 aliphatic rings. The normalized spacial score (nSPS) is 14.9. The van der Waals surface area contributed by atoms with Crippen molar-refractivity contribution in [3.63, 3.8) is 0 Å². The van der Waals surface area contributed by atoms with Crippen molar-refractivity contribution in [2.24, 2.45) is 0 Å². The van der Waals surface area contributed by atoms with Crippen molar-refractivity contribution in [3.05, 3.63) is 29.8 Å². The zero-order chi connectivity index (χ0) is 11.3. The zero-order valence-corrected chi connectivity index (χ0v) is 10.6. The lowest BCUT2D eigenvalue weighted by molar-refractivity contribution is 0.173. The SMILES string of the molecule is CCC(C)Sc1ccc([C@@H](O)CC)cc1. The Labute approximate surface area is 96.9 Å². The van der Waals surface area contributed by atoms with E-state index < -0.39 is 0 Å². The van der Waals surface area contributed by atoms with E-state index in [2.05, 4.69) is 26.0 Å². The fraction of sp³-hybridized carbons (Fsp3) is 0.538. The van der Waals surface area contributed by atoms with Crippen LogP contribution in [0.4, 0.5) is 0 Å². The molecular weight excluding hydrogens is 204 g/mol. The van der Waals surface area contributed by atoms with E-state index in [-0.39, 0.29) is 6.10 Å². The Hall–Kier alpha value is -0.470. The smallest absolute Gasteiger partial charge is 0.0787 e. The van der Waals surface area contributed by atoms with Crippen LogP contribution in [-0.2, 0) is 0 Å². The van der Waals surface area contributed by atoms with Gasteiger partial charge in [0.15, 0.2) is 0 Å². The van der Waals surface area contributed by atoms with Gasteiger partial charge >= 0.3 is 0 Å². The highest BCUT2D eigenvalue weighted by molar-refractivity contribution is 7.99. The number of hydrogen-bond acceptors (Lipinski definition) is 2. The summed E-state index contributed by atoms with van der Waals surface area (Å²) in [6, 6.07) is 8.26. The van der Waals surface area contributed by atoms with Crippen LogP contribution in [-0.4, -0.2) is 10.4 Å². The molecule has 1 aromatic rings. The summed E-state index contributed by atoms with van der Waals surface area (Å²) in [6.07, 6.45) is 1.65. The molecule has 2 heteroatoms. The Morgan fingerprint density at radius 2 is 1.73 bits per heavy atom. The van der Waals surface area contributed by atoms with Gasteiger partial charge in [0.25, 0.3) is 0 Å². The Morgan fingerprint density at radius 1 is 1.13 bits per heavy atom. The van der Waals surface area contributed by atoms with Gasteiger partial charge in [0.1, 0.15) is 0 Å². The van der Waals surface area contributed by atoms with Crippen molar-refractivity contribution < 1.29 is 5.11 Å². The number of thioether (sulfide) groups is 1. The van der Waals surface area contributed by atoms with Gasteiger partial charge in [0.05, 0.1) is 6.10 Å². The van der Waals surface area contributed by atoms with E-state index in [0.29, 0.717) is 5.25 Å². The van der Waals surface area contributed by atoms with Crippen molar-refractivity contribution >= 4 is 11.8 Å². The molecule has 0 radical (unpaired) electrons. The average molecular weight is 224 g/mol. The second kappa shape index (κ2) is 6.19. The van der Waals surface area contributed by atoms with Crippen LogP contribution < -0.4 is 0 Å². The molecule has 0 saturated heterocycles. The zero-order valence-electron chi connectivity index (χ0n) is 9.73. The molecule has 1 rings (SSSR count). The van der Waals surface area contributed by atoms with Gasteiger partial charge in [-0.25, -0.2) is 0 Å². The average Bonchev–Trinajstić information content (AvgIpc) is 2.29. The van der Waals surface area contributed by atoms with Gasteiger partial charge in [-0.1, -0.05) is 32.9 Å². The molecule has 0 amide bonds. The van der Waals surface area contributed by atoms with Crippen LogP contribution in [0.3, 0.4) is 0 Å². The number of rotatable bonds is 5. The lowest BCUT2D eigenvalue weighted by Crippen LogP contribution is -1.95. The summed E-state index contributed by atoms with van der Waals surface area (Å²) in [5, 5.41) is 10.3. The molecule has 1 N–H and O–H groups in total. The molecule has 1 nitrogen and oxygen atoms in total. The maximum absolute atomic E-state index is 9.64. The van der Waals surface area contributed by atoms with Crippen LogP contribution in [0.2, 0.25) is 0 Å². The Balaban J connectivity index is 2.64.